The lowest BCUT2D eigenvalue weighted by Gasteiger charge is -2.19. The number of hydrogen-bond acceptors (Lipinski definition) is 1. The number of hydrogen-bond donors (Lipinski definition) is 0. The highest BCUT2D eigenvalue weighted by Crippen LogP contribution is 2.26. The molecular formula is C9H13N. The normalized spacial score (nSPS) is 32.7. The molecule has 0 aromatic heterocycles. The molecule has 0 N–H and O–H groups in total. The molecule has 54 valence electrons. The largest absolute Gasteiger partial charge is 0.193 e. The average Bonchev–Trinajstić information content (AvgIpc) is 1.85. The van der Waals surface area contributed by atoms with E-state index in [2.05, 4.69) is 26.0 Å². The minimum Gasteiger partial charge on any atom is -0.193 e. The Kier molecular flexibility index (Phi) is 2.11. The van der Waals surface area contributed by atoms with Gasteiger partial charge in [-0.05, 0) is 24.7 Å². The molecule has 0 radical (unpaired) electrons. The highest BCUT2D eigenvalue weighted by Gasteiger charge is 2.15. The van der Waals surface area contributed by atoms with Crippen LogP contribution in [0.3, 0.4) is 0 Å². The first kappa shape index (κ1) is 7.34. The maximum atomic E-state index is 8.61. The van der Waals surface area contributed by atoms with Gasteiger partial charge in [0.2, 0.25) is 0 Å². The van der Waals surface area contributed by atoms with E-state index in [4.69, 9.17) is 5.26 Å². The highest BCUT2D eigenvalue weighted by atomic mass is 14.3. The van der Waals surface area contributed by atoms with E-state index in [-0.39, 0.29) is 0 Å². The van der Waals surface area contributed by atoms with Crippen LogP contribution in [0.4, 0.5) is 0 Å². The van der Waals surface area contributed by atoms with Gasteiger partial charge in [0.05, 0.1) is 6.07 Å². The predicted octanol–water partition coefficient (Wildman–Crippen LogP) is 2.50. The number of allylic oxidation sites excluding steroid dienone is 2. The fourth-order valence-corrected chi connectivity index (χ4v) is 1.66. The van der Waals surface area contributed by atoms with Crippen LogP contribution >= 0.6 is 0 Å². The molecule has 1 nitrogen and oxygen atoms in total. The van der Waals surface area contributed by atoms with E-state index in [0.29, 0.717) is 11.8 Å². The highest BCUT2D eigenvalue weighted by molar-refractivity contribution is 5.23. The van der Waals surface area contributed by atoms with E-state index in [0.717, 1.165) is 12.0 Å². The van der Waals surface area contributed by atoms with Gasteiger partial charge in [-0.3, -0.25) is 0 Å². The quantitative estimate of drug-likeness (QED) is 0.500. The van der Waals surface area contributed by atoms with E-state index in [1.807, 2.05) is 0 Å². The van der Waals surface area contributed by atoms with Crippen LogP contribution in [0, 0.1) is 23.2 Å². The summed E-state index contributed by atoms with van der Waals surface area (Å²) in [6, 6.07) is 2.23. The zero-order chi connectivity index (χ0) is 7.56. The molecule has 10 heavy (non-hydrogen) atoms. The molecule has 0 aliphatic heterocycles. The summed E-state index contributed by atoms with van der Waals surface area (Å²) in [5.74, 6) is 1.31. The summed E-state index contributed by atoms with van der Waals surface area (Å²) in [4.78, 5) is 0. The summed E-state index contributed by atoms with van der Waals surface area (Å²) in [5, 5.41) is 8.61. The van der Waals surface area contributed by atoms with Crippen LogP contribution in [0.15, 0.2) is 11.6 Å². The fraction of sp³-hybridized carbons (Fsp3) is 0.667. The van der Waals surface area contributed by atoms with Gasteiger partial charge in [0.1, 0.15) is 0 Å². The van der Waals surface area contributed by atoms with Crippen molar-refractivity contribution in [3.05, 3.63) is 11.6 Å². The first-order valence-electron chi connectivity index (χ1n) is 3.83. The summed E-state index contributed by atoms with van der Waals surface area (Å²) in [6.07, 6.45) is 4.33. The zero-order valence-electron chi connectivity index (χ0n) is 6.59. The number of rotatable bonds is 0. The molecule has 0 saturated heterocycles. The average molecular weight is 135 g/mol. The van der Waals surface area contributed by atoms with Gasteiger partial charge in [-0.15, -0.1) is 0 Å². The summed E-state index contributed by atoms with van der Waals surface area (Å²) in [5.41, 5.74) is 0.978. The molecule has 2 unspecified atom stereocenters. The lowest BCUT2D eigenvalue weighted by Crippen LogP contribution is -2.08. The van der Waals surface area contributed by atoms with Gasteiger partial charge >= 0.3 is 0 Å². The molecule has 1 aliphatic rings. The van der Waals surface area contributed by atoms with E-state index in [1.54, 1.807) is 0 Å². The second-order valence-electron chi connectivity index (χ2n) is 3.33. The van der Waals surface area contributed by atoms with Gasteiger partial charge in [-0.25, -0.2) is 0 Å². The van der Waals surface area contributed by atoms with Crippen LogP contribution in [0.25, 0.3) is 0 Å². The lowest BCUT2D eigenvalue weighted by atomic mass is 9.85. The Morgan fingerprint density at radius 3 is 2.80 bits per heavy atom. The van der Waals surface area contributed by atoms with E-state index in [1.165, 1.54) is 6.42 Å². The van der Waals surface area contributed by atoms with Crippen LogP contribution in [0.2, 0.25) is 0 Å². The second kappa shape index (κ2) is 2.88. The minimum absolute atomic E-state index is 0.610. The maximum Gasteiger partial charge on any atom is 0.0943 e. The molecule has 0 bridgehead atoms. The van der Waals surface area contributed by atoms with Gasteiger partial charge in [0.15, 0.2) is 0 Å². The number of nitrogens with zero attached hydrogens (tertiary/aromatic N) is 1. The van der Waals surface area contributed by atoms with Crippen molar-refractivity contribution in [2.75, 3.05) is 0 Å². The molecular weight excluding hydrogens is 122 g/mol. The first-order chi connectivity index (χ1) is 4.72. The molecule has 0 heterocycles. The van der Waals surface area contributed by atoms with Crippen molar-refractivity contribution in [3.63, 3.8) is 0 Å². The van der Waals surface area contributed by atoms with E-state index in [9.17, 15) is 0 Å². The summed E-state index contributed by atoms with van der Waals surface area (Å²) < 4.78 is 0. The Balaban J connectivity index is 2.68. The standard InChI is InChI=1S/C9H13N/c1-7-3-8(2)5-9(4-7)6-10/h4,7-8H,3,5H2,1-2H3. The lowest BCUT2D eigenvalue weighted by molar-refractivity contribution is 0.441. The third-order valence-corrected chi connectivity index (χ3v) is 1.97. The van der Waals surface area contributed by atoms with Crippen molar-refractivity contribution < 1.29 is 0 Å². The molecule has 0 aromatic carbocycles. The molecule has 0 aromatic rings. The SMILES string of the molecule is CC1C=C(C#N)CC(C)C1. The third-order valence-electron chi connectivity index (χ3n) is 1.97. The maximum absolute atomic E-state index is 8.61. The Bertz CT molecular complexity index is 185. The summed E-state index contributed by atoms with van der Waals surface area (Å²) in [6.45, 7) is 4.38. The Morgan fingerprint density at radius 1 is 1.60 bits per heavy atom. The second-order valence-corrected chi connectivity index (χ2v) is 3.33. The smallest absolute Gasteiger partial charge is 0.0943 e. The van der Waals surface area contributed by atoms with Crippen LogP contribution in [0.1, 0.15) is 26.7 Å². The van der Waals surface area contributed by atoms with Gasteiger partial charge < -0.3 is 0 Å². The monoisotopic (exact) mass is 135 g/mol. The molecule has 0 amide bonds. The van der Waals surface area contributed by atoms with Crippen molar-refractivity contribution in [2.24, 2.45) is 11.8 Å². The Labute approximate surface area is 62.4 Å². The predicted molar refractivity (Wildman–Crippen MR) is 41.3 cm³/mol. The van der Waals surface area contributed by atoms with E-state index < -0.39 is 0 Å². The fourth-order valence-electron chi connectivity index (χ4n) is 1.66. The number of nitriles is 1. The van der Waals surface area contributed by atoms with Crippen molar-refractivity contribution in [1.82, 2.24) is 0 Å². The Morgan fingerprint density at radius 2 is 2.30 bits per heavy atom. The molecule has 0 spiro atoms. The van der Waals surface area contributed by atoms with Crippen molar-refractivity contribution >= 4 is 0 Å². The van der Waals surface area contributed by atoms with Crippen molar-refractivity contribution in [1.29, 1.82) is 5.26 Å². The molecule has 1 rings (SSSR count). The van der Waals surface area contributed by atoms with E-state index >= 15 is 0 Å². The molecule has 2 atom stereocenters. The van der Waals surface area contributed by atoms with Crippen LogP contribution in [0.5, 0.6) is 0 Å². The topological polar surface area (TPSA) is 23.8 Å². The van der Waals surface area contributed by atoms with Gasteiger partial charge in [0, 0.05) is 5.57 Å². The van der Waals surface area contributed by atoms with Crippen LogP contribution in [-0.2, 0) is 0 Å². The Hall–Kier alpha value is -0.770. The minimum atomic E-state index is 0.610. The molecule has 0 fully saturated rings. The van der Waals surface area contributed by atoms with Crippen molar-refractivity contribution in [2.45, 2.75) is 26.7 Å². The molecule has 0 saturated carbocycles. The van der Waals surface area contributed by atoms with Crippen LogP contribution < -0.4 is 0 Å². The van der Waals surface area contributed by atoms with Crippen molar-refractivity contribution in [3.8, 4) is 6.07 Å². The molecule has 1 heteroatoms. The van der Waals surface area contributed by atoms with Crippen LogP contribution in [-0.4, -0.2) is 0 Å². The van der Waals surface area contributed by atoms with Gasteiger partial charge in [0.25, 0.3) is 0 Å². The molecule has 1 aliphatic carbocycles. The van der Waals surface area contributed by atoms with Gasteiger partial charge in [-0.2, -0.15) is 5.26 Å². The zero-order valence-corrected chi connectivity index (χ0v) is 6.59. The first-order valence-corrected chi connectivity index (χ1v) is 3.83. The van der Waals surface area contributed by atoms with Gasteiger partial charge in [-0.1, -0.05) is 19.9 Å². The summed E-state index contributed by atoms with van der Waals surface area (Å²) >= 11 is 0. The summed E-state index contributed by atoms with van der Waals surface area (Å²) in [7, 11) is 0. The third kappa shape index (κ3) is 1.60.